The molecule has 0 saturated carbocycles. The Balaban J connectivity index is 1.75. The highest BCUT2D eigenvalue weighted by molar-refractivity contribution is 6.04. The largest absolute Gasteiger partial charge is 0.399 e. The molecule has 5 nitrogen and oxygen atoms in total. The van der Waals surface area contributed by atoms with Crippen LogP contribution in [0.5, 0.6) is 0 Å². The van der Waals surface area contributed by atoms with Crippen molar-refractivity contribution in [3.63, 3.8) is 0 Å². The minimum atomic E-state index is -0.192. The van der Waals surface area contributed by atoms with Gasteiger partial charge in [0.05, 0.1) is 23.8 Å². The van der Waals surface area contributed by atoms with E-state index >= 15 is 0 Å². The summed E-state index contributed by atoms with van der Waals surface area (Å²) in [5, 5.41) is 7.03. The molecule has 3 aromatic rings. The van der Waals surface area contributed by atoms with Gasteiger partial charge in [-0.15, -0.1) is 0 Å². The van der Waals surface area contributed by atoms with Gasteiger partial charge in [0.15, 0.2) is 0 Å². The molecule has 0 aliphatic rings. The second-order valence-corrected chi connectivity index (χ2v) is 4.59. The van der Waals surface area contributed by atoms with Crippen LogP contribution in [0.2, 0.25) is 0 Å². The van der Waals surface area contributed by atoms with Gasteiger partial charge in [-0.3, -0.25) is 4.79 Å². The van der Waals surface area contributed by atoms with Gasteiger partial charge in [0.25, 0.3) is 5.91 Å². The number of nitrogens with two attached hydrogens (primary N) is 1. The van der Waals surface area contributed by atoms with Crippen molar-refractivity contribution in [2.45, 2.75) is 0 Å². The number of benzene rings is 2. The van der Waals surface area contributed by atoms with Gasteiger partial charge in [0, 0.05) is 11.3 Å². The number of nitrogens with one attached hydrogen (secondary N) is 1. The summed E-state index contributed by atoms with van der Waals surface area (Å²) < 4.78 is 1.71. The van der Waals surface area contributed by atoms with Gasteiger partial charge < -0.3 is 11.1 Å². The van der Waals surface area contributed by atoms with Crippen molar-refractivity contribution in [1.29, 1.82) is 0 Å². The van der Waals surface area contributed by atoms with Gasteiger partial charge in [0.1, 0.15) is 0 Å². The van der Waals surface area contributed by atoms with Crippen LogP contribution in [0.4, 0.5) is 11.4 Å². The third-order valence-corrected chi connectivity index (χ3v) is 3.03. The Morgan fingerprint density at radius 2 is 1.76 bits per heavy atom. The number of rotatable bonds is 3. The summed E-state index contributed by atoms with van der Waals surface area (Å²) in [5.41, 5.74) is 8.36. The minimum absolute atomic E-state index is 0.192. The number of carbonyl (C=O) groups is 1. The van der Waals surface area contributed by atoms with Crippen LogP contribution in [0.3, 0.4) is 0 Å². The molecule has 1 amide bonds. The number of aromatic nitrogens is 2. The summed E-state index contributed by atoms with van der Waals surface area (Å²) in [6, 6.07) is 16.5. The van der Waals surface area contributed by atoms with Crippen LogP contribution in [0.1, 0.15) is 10.4 Å². The molecule has 3 N–H and O–H groups in total. The molecule has 1 aromatic heterocycles. The zero-order chi connectivity index (χ0) is 14.7. The lowest BCUT2D eigenvalue weighted by atomic mass is 10.2. The fourth-order valence-corrected chi connectivity index (χ4v) is 1.95. The predicted octanol–water partition coefficient (Wildman–Crippen LogP) is 2.71. The number of amides is 1. The average molecular weight is 278 g/mol. The molecule has 2 aromatic carbocycles. The Morgan fingerprint density at radius 1 is 1.05 bits per heavy atom. The molecule has 0 aliphatic carbocycles. The molecule has 0 saturated heterocycles. The Hall–Kier alpha value is -3.08. The number of nitrogens with zero attached hydrogens (tertiary/aromatic N) is 2. The number of hydrogen-bond acceptors (Lipinski definition) is 3. The molecule has 0 unspecified atom stereocenters. The van der Waals surface area contributed by atoms with Gasteiger partial charge >= 0.3 is 0 Å². The predicted molar refractivity (Wildman–Crippen MR) is 82.4 cm³/mol. The van der Waals surface area contributed by atoms with Crippen LogP contribution in [0.15, 0.2) is 67.0 Å². The van der Waals surface area contributed by atoms with Crippen molar-refractivity contribution >= 4 is 17.3 Å². The normalized spacial score (nSPS) is 10.3. The van der Waals surface area contributed by atoms with E-state index in [2.05, 4.69) is 10.4 Å². The average Bonchev–Trinajstić information content (AvgIpc) is 2.97. The molecule has 3 rings (SSSR count). The first-order valence-corrected chi connectivity index (χ1v) is 6.49. The lowest BCUT2D eigenvalue weighted by Gasteiger charge is -2.03. The summed E-state index contributed by atoms with van der Waals surface area (Å²) in [6.45, 7) is 0. The van der Waals surface area contributed by atoms with E-state index in [4.69, 9.17) is 5.73 Å². The fraction of sp³-hybridized carbons (Fsp3) is 0. The van der Waals surface area contributed by atoms with Crippen molar-refractivity contribution in [2.75, 3.05) is 11.1 Å². The van der Waals surface area contributed by atoms with Crippen LogP contribution >= 0.6 is 0 Å². The van der Waals surface area contributed by atoms with E-state index < -0.39 is 0 Å². The van der Waals surface area contributed by atoms with Crippen LogP contribution in [-0.2, 0) is 0 Å². The Labute approximate surface area is 122 Å². The first-order valence-electron chi connectivity index (χ1n) is 6.49. The summed E-state index contributed by atoms with van der Waals surface area (Å²) in [6.07, 6.45) is 3.38. The molecular weight excluding hydrogens is 264 g/mol. The molecule has 5 heteroatoms. The smallest absolute Gasteiger partial charge is 0.255 e. The highest BCUT2D eigenvalue weighted by Gasteiger charge is 2.07. The number of hydrogen-bond donors (Lipinski definition) is 2. The van der Waals surface area contributed by atoms with Gasteiger partial charge in [-0.2, -0.15) is 5.10 Å². The Bertz CT molecular complexity index is 747. The molecule has 0 atom stereocenters. The van der Waals surface area contributed by atoms with E-state index in [0.717, 1.165) is 5.69 Å². The molecule has 0 bridgehead atoms. The fourth-order valence-electron chi connectivity index (χ4n) is 1.95. The van der Waals surface area contributed by atoms with Crippen LogP contribution in [0, 0.1) is 0 Å². The lowest BCUT2D eigenvalue weighted by Crippen LogP contribution is -2.11. The molecule has 0 radical (unpaired) electrons. The summed E-state index contributed by atoms with van der Waals surface area (Å²) in [4.78, 5) is 12.1. The Kier molecular flexibility index (Phi) is 3.39. The zero-order valence-corrected chi connectivity index (χ0v) is 11.2. The third-order valence-electron chi connectivity index (χ3n) is 3.03. The van der Waals surface area contributed by atoms with Gasteiger partial charge in [-0.25, -0.2) is 4.68 Å². The molecule has 104 valence electrons. The quantitative estimate of drug-likeness (QED) is 0.723. The van der Waals surface area contributed by atoms with E-state index in [9.17, 15) is 4.79 Å². The molecule has 0 aliphatic heterocycles. The maximum atomic E-state index is 12.1. The second-order valence-electron chi connectivity index (χ2n) is 4.59. The lowest BCUT2D eigenvalue weighted by molar-refractivity contribution is 0.102. The number of nitrogen functional groups attached to an aromatic ring is 1. The topological polar surface area (TPSA) is 72.9 Å². The van der Waals surface area contributed by atoms with Gasteiger partial charge in [0.2, 0.25) is 0 Å². The highest BCUT2D eigenvalue weighted by Crippen LogP contribution is 2.13. The van der Waals surface area contributed by atoms with E-state index in [-0.39, 0.29) is 5.91 Å². The third kappa shape index (κ3) is 2.92. The molecular formula is C16H14N4O. The summed E-state index contributed by atoms with van der Waals surface area (Å²) in [7, 11) is 0. The highest BCUT2D eigenvalue weighted by atomic mass is 16.1. The van der Waals surface area contributed by atoms with Crippen LogP contribution in [-0.4, -0.2) is 15.7 Å². The molecule has 0 fully saturated rings. The maximum absolute atomic E-state index is 12.1. The maximum Gasteiger partial charge on any atom is 0.255 e. The molecule has 21 heavy (non-hydrogen) atoms. The van der Waals surface area contributed by atoms with E-state index in [1.807, 2.05) is 30.3 Å². The van der Waals surface area contributed by atoms with Crippen LogP contribution in [0.25, 0.3) is 5.69 Å². The number of para-hydroxylation sites is 1. The van der Waals surface area contributed by atoms with E-state index in [1.54, 1.807) is 41.3 Å². The number of anilines is 2. The first-order chi connectivity index (χ1) is 10.2. The summed E-state index contributed by atoms with van der Waals surface area (Å²) in [5.74, 6) is -0.192. The van der Waals surface area contributed by atoms with Crippen molar-refractivity contribution in [2.24, 2.45) is 0 Å². The Morgan fingerprint density at radius 3 is 2.48 bits per heavy atom. The van der Waals surface area contributed by atoms with E-state index in [0.29, 0.717) is 16.9 Å². The van der Waals surface area contributed by atoms with Crippen molar-refractivity contribution in [1.82, 2.24) is 9.78 Å². The van der Waals surface area contributed by atoms with Gasteiger partial charge in [-0.1, -0.05) is 18.2 Å². The molecule has 1 heterocycles. The van der Waals surface area contributed by atoms with Crippen molar-refractivity contribution < 1.29 is 4.79 Å². The van der Waals surface area contributed by atoms with Crippen molar-refractivity contribution in [3.8, 4) is 5.69 Å². The second kappa shape index (κ2) is 5.50. The molecule has 0 spiro atoms. The number of carbonyl (C=O) groups excluding carboxylic acids is 1. The van der Waals surface area contributed by atoms with Crippen LogP contribution < -0.4 is 11.1 Å². The monoisotopic (exact) mass is 278 g/mol. The van der Waals surface area contributed by atoms with Crippen molar-refractivity contribution in [3.05, 3.63) is 72.6 Å². The first kappa shape index (κ1) is 12.9. The standard InChI is InChI=1S/C16H14N4O/c17-13-8-6-12(7-9-13)16(21)19-14-10-18-20(11-14)15-4-2-1-3-5-15/h1-11H,17H2,(H,19,21). The minimum Gasteiger partial charge on any atom is -0.399 e. The van der Waals surface area contributed by atoms with E-state index in [1.165, 1.54) is 0 Å². The summed E-state index contributed by atoms with van der Waals surface area (Å²) >= 11 is 0. The van der Waals surface area contributed by atoms with Gasteiger partial charge in [-0.05, 0) is 36.4 Å². The zero-order valence-electron chi connectivity index (χ0n) is 11.2. The SMILES string of the molecule is Nc1ccc(C(=O)Nc2cnn(-c3ccccc3)c2)cc1.